The van der Waals surface area contributed by atoms with Gasteiger partial charge in [0.15, 0.2) is 6.61 Å². The van der Waals surface area contributed by atoms with E-state index in [1.165, 1.54) is 16.4 Å². The highest BCUT2D eigenvalue weighted by Gasteiger charge is 2.30. The smallest absolute Gasteiger partial charge is 0.260 e. The third kappa shape index (κ3) is 4.74. The Morgan fingerprint density at radius 3 is 2.41 bits per heavy atom. The van der Waals surface area contributed by atoms with Crippen LogP contribution in [-0.4, -0.2) is 80.9 Å². The van der Waals surface area contributed by atoms with Gasteiger partial charge < -0.3 is 14.5 Å². The van der Waals surface area contributed by atoms with E-state index in [4.69, 9.17) is 16.3 Å². The summed E-state index contributed by atoms with van der Waals surface area (Å²) in [4.78, 5) is 16.5. The second-order valence-electron chi connectivity index (χ2n) is 6.81. The quantitative estimate of drug-likeness (QED) is 0.706. The summed E-state index contributed by atoms with van der Waals surface area (Å²) >= 11 is 6.02. The van der Waals surface area contributed by atoms with Crippen molar-refractivity contribution >= 4 is 27.5 Å². The average molecular weight is 416 g/mol. The first-order chi connectivity index (χ1) is 12.9. The highest BCUT2D eigenvalue weighted by molar-refractivity contribution is 7.89. The molecule has 0 unspecified atom stereocenters. The fourth-order valence-corrected chi connectivity index (χ4v) is 5.33. The molecule has 0 bridgehead atoms. The summed E-state index contributed by atoms with van der Waals surface area (Å²) in [5.41, 5.74) is 0. The largest absolute Gasteiger partial charge is 0.482 e. The minimum atomic E-state index is -3.68. The van der Waals surface area contributed by atoms with Crippen molar-refractivity contribution in [3.63, 3.8) is 0 Å². The second kappa shape index (κ2) is 8.77. The molecule has 0 aliphatic carbocycles. The van der Waals surface area contributed by atoms with E-state index in [1.807, 2.05) is 0 Å². The Labute approximate surface area is 165 Å². The van der Waals surface area contributed by atoms with Crippen molar-refractivity contribution < 1.29 is 17.9 Å². The lowest BCUT2D eigenvalue weighted by molar-refractivity contribution is -0.135. The van der Waals surface area contributed by atoms with Crippen molar-refractivity contribution in [1.29, 1.82) is 0 Å². The number of benzene rings is 1. The number of halogens is 1. The van der Waals surface area contributed by atoms with Gasteiger partial charge in [0.25, 0.3) is 5.91 Å². The Balaban J connectivity index is 1.69. The van der Waals surface area contributed by atoms with E-state index in [2.05, 4.69) is 11.8 Å². The molecule has 0 atom stereocenters. The number of likely N-dealkylation sites (N-methyl/N-ethyl adjacent to an activating group) is 1. The molecule has 0 N–H and O–H groups in total. The van der Waals surface area contributed by atoms with Crippen LogP contribution in [0, 0.1) is 0 Å². The van der Waals surface area contributed by atoms with Crippen molar-refractivity contribution in [1.82, 2.24) is 14.1 Å². The summed E-state index contributed by atoms with van der Waals surface area (Å²) in [5, 5.41) is 0.321. The zero-order chi connectivity index (χ0) is 19.4. The van der Waals surface area contributed by atoms with Crippen LogP contribution in [-0.2, 0) is 14.8 Å². The van der Waals surface area contributed by atoms with Gasteiger partial charge in [0.05, 0.1) is 0 Å². The van der Waals surface area contributed by atoms with Crippen LogP contribution in [0.1, 0.15) is 19.8 Å². The number of carbonyl (C=O) groups is 1. The monoisotopic (exact) mass is 415 g/mol. The molecule has 1 aromatic carbocycles. The fourth-order valence-electron chi connectivity index (χ4n) is 3.41. The maximum absolute atomic E-state index is 12.9. The second-order valence-corrected chi connectivity index (χ2v) is 9.15. The molecule has 1 amide bonds. The summed E-state index contributed by atoms with van der Waals surface area (Å²) in [6, 6.07) is 4.49. The average Bonchev–Trinajstić information content (AvgIpc) is 3.22. The summed E-state index contributed by atoms with van der Waals surface area (Å²) in [7, 11) is -3.68. The molecule has 2 aliphatic heterocycles. The van der Waals surface area contributed by atoms with Gasteiger partial charge in [0.2, 0.25) is 10.0 Å². The van der Waals surface area contributed by atoms with Crippen LogP contribution >= 0.6 is 11.6 Å². The number of hydrogen-bond donors (Lipinski definition) is 0. The Bertz CT molecular complexity index is 773. The number of nitrogens with zero attached hydrogens (tertiary/aromatic N) is 3. The maximum Gasteiger partial charge on any atom is 0.260 e. The molecule has 2 saturated heterocycles. The minimum Gasteiger partial charge on any atom is -0.482 e. The van der Waals surface area contributed by atoms with Crippen LogP contribution in [0.15, 0.2) is 23.1 Å². The molecule has 0 aromatic heterocycles. The zero-order valence-corrected chi connectivity index (χ0v) is 17.1. The van der Waals surface area contributed by atoms with Gasteiger partial charge in [-0.2, -0.15) is 4.31 Å². The predicted octanol–water partition coefficient (Wildman–Crippen LogP) is 1.67. The predicted molar refractivity (Wildman–Crippen MR) is 104 cm³/mol. The molecular formula is C18H26ClN3O4S. The van der Waals surface area contributed by atoms with Crippen LogP contribution in [0.2, 0.25) is 5.02 Å². The first-order valence-electron chi connectivity index (χ1n) is 9.34. The van der Waals surface area contributed by atoms with Crippen LogP contribution in [0.25, 0.3) is 0 Å². The molecule has 0 saturated carbocycles. The molecule has 150 valence electrons. The number of piperazine rings is 1. The highest BCUT2D eigenvalue weighted by atomic mass is 35.5. The van der Waals surface area contributed by atoms with Gasteiger partial charge in [-0.05, 0) is 37.6 Å². The summed E-state index contributed by atoms with van der Waals surface area (Å²) in [6.45, 7) is 6.89. The van der Waals surface area contributed by atoms with Crippen molar-refractivity contribution in [3.05, 3.63) is 23.2 Å². The Hall–Kier alpha value is -1.35. The topological polar surface area (TPSA) is 70.2 Å². The Morgan fingerprint density at radius 1 is 1.11 bits per heavy atom. The number of carbonyl (C=O) groups excluding carboxylic acids is 1. The molecular weight excluding hydrogens is 390 g/mol. The van der Waals surface area contributed by atoms with Crippen molar-refractivity contribution in [2.45, 2.75) is 24.7 Å². The summed E-state index contributed by atoms with van der Waals surface area (Å²) in [5.74, 6) is 0.0390. The normalized spacial score (nSPS) is 19.4. The standard InChI is InChI=1S/C18H26ClN3O4S/c1-2-20-9-11-21(12-10-20)18(23)14-26-16-6-5-15(19)13-17(16)27(24,25)22-7-3-4-8-22/h5-6,13H,2-4,7-12,14H2,1H3. The lowest BCUT2D eigenvalue weighted by atomic mass is 10.3. The van der Waals surface area contributed by atoms with Crippen LogP contribution in [0.3, 0.4) is 0 Å². The van der Waals surface area contributed by atoms with E-state index in [9.17, 15) is 13.2 Å². The molecule has 7 nitrogen and oxygen atoms in total. The third-order valence-electron chi connectivity index (χ3n) is 5.11. The molecule has 9 heteroatoms. The van der Waals surface area contributed by atoms with Gasteiger partial charge >= 0.3 is 0 Å². The Kier molecular flexibility index (Phi) is 6.62. The number of amides is 1. The van der Waals surface area contributed by atoms with Gasteiger partial charge in [-0.3, -0.25) is 4.79 Å². The van der Waals surface area contributed by atoms with E-state index in [0.29, 0.717) is 31.2 Å². The molecule has 27 heavy (non-hydrogen) atoms. The van der Waals surface area contributed by atoms with Gasteiger partial charge in [0, 0.05) is 44.3 Å². The van der Waals surface area contributed by atoms with Gasteiger partial charge in [-0.15, -0.1) is 0 Å². The van der Waals surface area contributed by atoms with Crippen LogP contribution in [0.5, 0.6) is 5.75 Å². The lowest BCUT2D eigenvalue weighted by Gasteiger charge is -2.34. The van der Waals surface area contributed by atoms with Crippen molar-refractivity contribution in [2.24, 2.45) is 0 Å². The van der Waals surface area contributed by atoms with Gasteiger partial charge in [-0.1, -0.05) is 18.5 Å². The number of sulfonamides is 1. The highest BCUT2D eigenvalue weighted by Crippen LogP contribution is 2.31. The van der Waals surface area contributed by atoms with E-state index in [0.717, 1.165) is 32.5 Å². The summed E-state index contributed by atoms with van der Waals surface area (Å²) in [6.07, 6.45) is 1.69. The van der Waals surface area contributed by atoms with E-state index >= 15 is 0 Å². The zero-order valence-electron chi connectivity index (χ0n) is 15.6. The van der Waals surface area contributed by atoms with Crippen LogP contribution < -0.4 is 4.74 Å². The minimum absolute atomic E-state index is 0.0282. The summed E-state index contributed by atoms with van der Waals surface area (Å²) < 4.78 is 32.9. The lowest BCUT2D eigenvalue weighted by Crippen LogP contribution is -2.49. The molecule has 2 heterocycles. The van der Waals surface area contributed by atoms with Crippen molar-refractivity contribution in [3.8, 4) is 5.75 Å². The van der Waals surface area contributed by atoms with Gasteiger partial charge in [-0.25, -0.2) is 8.42 Å². The fraction of sp³-hybridized carbons (Fsp3) is 0.611. The van der Waals surface area contributed by atoms with E-state index in [-0.39, 0.29) is 23.2 Å². The Morgan fingerprint density at radius 2 is 1.78 bits per heavy atom. The molecule has 2 aliphatic rings. The molecule has 0 spiro atoms. The molecule has 3 rings (SSSR count). The molecule has 0 radical (unpaired) electrons. The van der Waals surface area contributed by atoms with E-state index < -0.39 is 10.0 Å². The number of hydrogen-bond acceptors (Lipinski definition) is 5. The van der Waals surface area contributed by atoms with Crippen molar-refractivity contribution in [2.75, 3.05) is 52.4 Å². The number of ether oxygens (including phenoxy) is 1. The molecule has 1 aromatic rings. The first kappa shape index (κ1) is 20.4. The first-order valence-corrected chi connectivity index (χ1v) is 11.2. The SMILES string of the molecule is CCN1CCN(C(=O)COc2ccc(Cl)cc2S(=O)(=O)N2CCCC2)CC1. The maximum atomic E-state index is 12.9. The van der Waals surface area contributed by atoms with Gasteiger partial charge in [0.1, 0.15) is 10.6 Å². The third-order valence-corrected chi connectivity index (χ3v) is 7.27. The molecule has 2 fully saturated rings. The number of rotatable bonds is 6. The van der Waals surface area contributed by atoms with Crippen LogP contribution in [0.4, 0.5) is 0 Å². The van der Waals surface area contributed by atoms with E-state index in [1.54, 1.807) is 11.0 Å².